The number of hydrogen-bond donors (Lipinski definition) is 0. The summed E-state index contributed by atoms with van der Waals surface area (Å²) < 4.78 is 13.0. The smallest absolute Gasteiger partial charge is 0.388 e. The van der Waals surface area contributed by atoms with E-state index in [1.54, 1.807) is 0 Å². The van der Waals surface area contributed by atoms with E-state index in [2.05, 4.69) is 38.1 Å². The third-order valence-electron chi connectivity index (χ3n) is 4.06. The molecule has 0 bridgehead atoms. The summed E-state index contributed by atoms with van der Waals surface area (Å²) in [6, 6.07) is 20.7. The van der Waals surface area contributed by atoms with Gasteiger partial charge in [0, 0.05) is 6.61 Å². The highest BCUT2D eigenvalue weighted by Gasteiger charge is 2.42. The van der Waals surface area contributed by atoms with Crippen LogP contribution < -0.4 is 10.4 Å². The Morgan fingerprint density at radius 3 is 1.80 bits per heavy atom. The normalized spacial score (nSPS) is 13.2. The standard InChI is InChI=1S/C21H29ClO2Si/c1-18(2)11-10-16-23-25(24-17-19(3)22,20-12-6-4-7-13-20)21-14-8-5-9-15-21/h4-9,12-15,18-19H,10-11,16-17H2,1-3H3. The zero-order valence-corrected chi connectivity index (χ0v) is 17.2. The van der Waals surface area contributed by atoms with Crippen molar-refractivity contribution in [2.45, 2.75) is 39.0 Å². The SMILES string of the molecule is CC(C)CCCO[Si](OCC(C)Cl)(c1ccccc1)c1ccccc1. The van der Waals surface area contributed by atoms with Gasteiger partial charge in [0.2, 0.25) is 0 Å². The van der Waals surface area contributed by atoms with Crippen LogP contribution in [0.3, 0.4) is 0 Å². The Morgan fingerprint density at radius 1 is 0.840 bits per heavy atom. The number of hydrogen-bond acceptors (Lipinski definition) is 2. The highest BCUT2D eigenvalue weighted by Crippen LogP contribution is 2.14. The molecule has 0 spiro atoms. The van der Waals surface area contributed by atoms with Crippen LogP contribution in [-0.2, 0) is 8.85 Å². The molecule has 1 unspecified atom stereocenters. The molecule has 2 nitrogen and oxygen atoms in total. The summed E-state index contributed by atoms with van der Waals surface area (Å²) in [5, 5.41) is 2.20. The molecule has 0 aliphatic rings. The van der Waals surface area contributed by atoms with Gasteiger partial charge in [-0.25, -0.2) is 0 Å². The molecule has 0 saturated carbocycles. The summed E-state index contributed by atoms with van der Waals surface area (Å²) in [5.74, 6) is 0.678. The van der Waals surface area contributed by atoms with E-state index in [4.69, 9.17) is 20.5 Å². The number of halogens is 1. The Kier molecular flexibility index (Phi) is 8.17. The molecular formula is C21H29ClO2Si. The minimum Gasteiger partial charge on any atom is -0.388 e. The van der Waals surface area contributed by atoms with Crippen molar-refractivity contribution in [3.63, 3.8) is 0 Å². The molecule has 0 amide bonds. The van der Waals surface area contributed by atoms with Crippen LogP contribution in [0.5, 0.6) is 0 Å². The Balaban J connectivity index is 2.34. The van der Waals surface area contributed by atoms with Gasteiger partial charge in [-0.15, -0.1) is 11.6 Å². The van der Waals surface area contributed by atoms with Crippen molar-refractivity contribution in [3.8, 4) is 0 Å². The van der Waals surface area contributed by atoms with Gasteiger partial charge >= 0.3 is 8.56 Å². The van der Waals surface area contributed by atoms with Crippen molar-refractivity contribution in [2.75, 3.05) is 13.2 Å². The van der Waals surface area contributed by atoms with Gasteiger partial charge in [-0.2, -0.15) is 0 Å². The Morgan fingerprint density at radius 2 is 1.36 bits per heavy atom. The summed E-state index contributed by atoms with van der Waals surface area (Å²) in [4.78, 5) is 0. The fourth-order valence-corrected chi connectivity index (χ4v) is 6.23. The van der Waals surface area contributed by atoms with Crippen molar-refractivity contribution in [1.82, 2.24) is 0 Å². The summed E-state index contributed by atoms with van der Waals surface area (Å²) >= 11 is 6.20. The summed E-state index contributed by atoms with van der Waals surface area (Å²) in [6.45, 7) is 7.61. The molecule has 1 atom stereocenters. The fourth-order valence-electron chi connectivity index (χ4n) is 2.80. The van der Waals surface area contributed by atoms with Crippen LogP contribution in [0.15, 0.2) is 60.7 Å². The molecule has 0 aromatic heterocycles. The van der Waals surface area contributed by atoms with E-state index in [0.717, 1.165) is 23.2 Å². The van der Waals surface area contributed by atoms with Crippen LogP contribution in [0.2, 0.25) is 0 Å². The number of rotatable bonds is 10. The van der Waals surface area contributed by atoms with Gasteiger partial charge in [0.05, 0.1) is 12.0 Å². The maximum Gasteiger partial charge on any atom is 0.407 e. The molecule has 0 heterocycles. The molecule has 0 aliphatic carbocycles. The Labute approximate surface area is 158 Å². The molecule has 2 rings (SSSR count). The number of benzene rings is 2. The monoisotopic (exact) mass is 376 g/mol. The van der Waals surface area contributed by atoms with Crippen LogP contribution in [0.1, 0.15) is 33.6 Å². The first kappa shape index (κ1) is 20.2. The zero-order valence-electron chi connectivity index (χ0n) is 15.5. The second-order valence-electron chi connectivity index (χ2n) is 6.82. The van der Waals surface area contributed by atoms with Gasteiger partial charge in [0.25, 0.3) is 0 Å². The molecule has 2 aromatic carbocycles. The van der Waals surface area contributed by atoms with E-state index in [-0.39, 0.29) is 5.38 Å². The first-order valence-corrected chi connectivity index (χ1v) is 11.3. The first-order valence-electron chi connectivity index (χ1n) is 9.07. The minimum absolute atomic E-state index is 0.0569. The molecule has 0 saturated heterocycles. The molecule has 136 valence electrons. The third kappa shape index (κ3) is 5.96. The first-order chi connectivity index (χ1) is 12.0. The third-order valence-corrected chi connectivity index (χ3v) is 7.55. The van der Waals surface area contributed by atoms with Crippen LogP contribution in [-0.4, -0.2) is 27.2 Å². The van der Waals surface area contributed by atoms with E-state index >= 15 is 0 Å². The Bertz CT molecular complexity index is 562. The lowest BCUT2D eigenvalue weighted by Gasteiger charge is -2.32. The summed E-state index contributed by atoms with van der Waals surface area (Å²) in [6.07, 6.45) is 2.19. The van der Waals surface area contributed by atoms with Crippen LogP contribution in [0, 0.1) is 5.92 Å². The van der Waals surface area contributed by atoms with Crippen molar-refractivity contribution in [1.29, 1.82) is 0 Å². The van der Waals surface area contributed by atoms with Gasteiger partial charge in [-0.1, -0.05) is 74.5 Å². The van der Waals surface area contributed by atoms with Crippen LogP contribution in [0.4, 0.5) is 0 Å². The van der Waals surface area contributed by atoms with Gasteiger partial charge in [-0.3, -0.25) is 0 Å². The average molecular weight is 377 g/mol. The van der Waals surface area contributed by atoms with Gasteiger partial charge in [0.1, 0.15) is 0 Å². The minimum atomic E-state index is -2.77. The molecule has 0 N–H and O–H groups in total. The second-order valence-corrected chi connectivity index (χ2v) is 10.5. The van der Waals surface area contributed by atoms with Crippen molar-refractivity contribution in [2.24, 2.45) is 5.92 Å². The van der Waals surface area contributed by atoms with Crippen molar-refractivity contribution in [3.05, 3.63) is 60.7 Å². The van der Waals surface area contributed by atoms with E-state index in [1.165, 1.54) is 0 Å². The van der Waals surface area contributed by atoms with Crippen LogP contribution in [0.25, 0.3) is 0 Å². The van der Waals surface area contributed by atoms with Gasteiger partial charge in [0.15, 0.2) is 0 Å². The largest absolute Gasteiger partial charge is 0.407 e. The lowest BCUT2D eigenvalue weighted by Crippen LogP contribution is -2.64. The molecule has 4 heteroatoms. The van der Waals surface area contributed by atoms with E-state index < -0.39 is 8.56 Å². The lowest BCUT2D eigenvalue weighted by atomic mass is 10.1. The predicted octanol–water partition coefficient (Wildman–Crippen LogP) is 4.34. The average Bonchev–Trinajstić information content (AvgIpc) is 2.62. The summed E-state index contributed by atoms with van der Waals surface area (Å²) in [5.41, 5.74) is 0. The van der Waals surface area contributed by atoms with E-state index in [0.29, 0.717) is 19.1 Å². The van der Waals surface area contributed by atoms with Gasteiger partial charge < -0.3 is 8.85 Å². The highest BCUT2D eigenvalue weighted by atomic mass is 35.5. The van der Waals surface area contributed by atoms with Crippen molar-refractivity contribution >= 4 is 30.5 Å². The molecule has 2 aromatic rings. The second kappa shape index (κ2) is 10.1. The fraction of sp³-hybridized carbons (Fsp3) is 0.429. The highest BCUT2D eigenvalue weighted by molar-refractivity contribution is 6.92. The molecule has 25 heavy (non-hydrogen) atoms. The van der Waals surface area contributed by atoms with Gasteiger partial charge in [-0.05, 0) is 36.1 Å². The number of alkyl halides is 1. The predicted molar refractivity (Wildman–Crippen MR) is 109 cm³/mol. The molecular weight excluding hydrogens is 348 g/mol. The summed E-state index contributed by atoms with van der Waals surface area (Å²) in [7, 11) is -2.77. The van der Waals surface area contributed by atoms with Crippen molar-refractivity contribution < 1.29 is 8.85 Å². The lowest BCUT2D eigenvalue weighted by molar-refractivity contribution is 0.187. The Hall–Kier alpha value is -1.13. The topological polar surface area (TPSA) is 18.5 Å². The molecule has 0 aliphatic heterocycles. The molecule has 0 fully saturated rings. The quantitative estimate of drug-likeness (QED) is 0.349. The maximum atomic E-state index is 6.56. The van der Waals surface area contributed by atoms with E-state index in [1.807, 2.05) is 43.3 Å². The van der Waals surface area contributed by atoms with Crippen LogP contribution >= 0.6 is 11.6 Å². The zero-order chi connectivity index (χ0) is 18.1. The molecule has 0 radical (unpaired) electrons. The van der Waals surface area contributed by atoms with E-state index in [9.17, 15) is 0 Å². The maximum absolute atomic E-state index is 6.56.